The zero-order valence-electron chi connectivity index (χ0n) is 13.6. The molecule has 3 N–H and O–H groups in total. The van der Waals surface area contributed by atoms with Crippen LogP contribution in [-0.2, 0) is 6.42 Å². The molecule has 3 rings (SSSR count). The minimum absolute atomic E-state index is 0.0721. The molecule has 2 amide bonds. The third kappa shape index (κ3) is 3.08. The van der Waals surface area contributed by atoms with Crippen molar-refractivity contribution in [3.05, 3.63) is 64.2 Å². The molecule has 24 heavy (non-hydrogen) atoms. The minimum Gasteiger partial charge on any atom is -0.399 e. The van der Waals surface area contributed by atoms with Crippen molar-refractivity contribution in [3.8, 4) is 0 Å². The Hall–Kier alpha value is -2.53. The Bertz CT molecular complexity index is 801. The summed E-state index contributed by atoms with van der Waals surface area (Å²) in [5.74, 6) is 0. The predicted molar refractivity (Wildman–Crippen MR) is 97.4 cm³/mol. The maximum atomic E-state index is 12.2. The number of anilines is 1. The van der Waals surface area contributed by atoms with Crippen LogP contribution in [0.5, 0.6) is 0 Å². The highest BCUT2D eigenvalue weighted by Gasteiger charge is 2.26. The normalized spacial score (nSPS) is 16.9. The second-order valence-corrected chi connectivity index (χ2v) is 6.26. The van der Waals surface area contributed by atoms with Gasteiger partial charge in [-0.15, -0.1) is 0 Å². The van der Waals surface area contributed by atoms with E-state index in [0.717, 1.165) is 16.7 Å². The molecular formula is C18H19ClN4O. The Morgan fingerprint density at radius 3 is 2.67 bits per heavy atom. The van der Waals surface area contributed by atoms with Crippen LogP contribution < -0.4 is 11.1 Å². The molecule has 1 aliphatic rings. The van der Waals surface area contributed by atoms with E-state index in [0.29, 0.717) is 22.8 Å². The molecular weight excluding hydrogens is 324 g/mol. The molecule has 5 nitrogen and oxygen atoms in total. The predicted octanol–water partition coefficient (Wildman–Crippen LogP) is 3.26. The maximum absolute atomic E-state index is 12.2. The number of carbonyl (C=O) groups excluding carboxylic acids is 1. The van der Waals surface area contributed by atoms with E-state index in [9.17, 15) is 4.79 Å². The van der Waals surface area contributed by atoms with Crippen LogP contribution in [0.25, 0.3) is 0 Å². The highest BCUT2D eigenvalue weighted by Crippen LogP contribution is 2.26. The number of halogens is 1. The first kappa shape index (κ1) is 16.3. The van der Waals surface area contributed by atoms with E-state index in [1.807, 2.05) is 49.4 Å². The van der Waals surface area contributed by atoms with E-state index in [-0.39, 0.29) is 12.1 Å². The molecule has 0 spiro atoms. The van der Waals surface area contributed by atoms with Crippen molar-refractivity contribution < 1.29 is 4.79 Å². The highest BCUT2D eigenvalue weighted by molar-refractivity contribution is 6.30. The first-order chi connectivity index (χ1) is 11.5. The number of nitrogens with two attached hydrogens (primary N) is 1. The molecule has 1 atom stereocenters. The number of urea groups is 1. The number of nitrogens with zero attached hydrogens (tertiary/aromatic N) is 2. The largest absolute Gasteiger partial charge is 0.399 e. The van der Waals surface area contributed by atoms with Crippen molar-refractivity contribution in [2.24, 2.45) is 5.10 Å². The lowest BCUT2D eigenvalue weighted by molar-refractivity contribution is 0.184. The molecule has 0 aliphatic carbocycles. The molecule has 0 fully saturated rings. The summed E-state index contributed by atoms with van der Waals surface area (Å²) in [7, 11) is 1.60. The SMILES string of the molecule is CNC(=O)N1N=C(c2ccc(Cl)cc2)c2cc(N)ccc2CC1C. The van der Waals surface area contributed by atoms with Crippen LogP contribution >= 0.6 is 11.6 Å². The molecule has 0 saturated heterocycles. The summed E-state index contributed by atoms with van der Waals surface area (Å²) < 4.78 is 0. The van der Waals surface area contributed by atoms with Crippen LogP contribution in [0.1, 0.15) is 23.6 Å². The number of rotatable bonds is 1. The van der Waals surface area contributed by atoms with E-state index >= 15 is 0 Å². The van der Waals surface area contributed by atoms with Gasteiger partial charge >= 0.3 is 6.03 Å². The highest BCUT2D eigenvalue weighted by atomic mass is 35.5. The zero-order valence-corrected chi connectivity index (χ0v) is 14.3. The molecule has 1 heterocycles. The van der Waals surface area contributed by atoms with Crippen LogP contribution in [0.2, 0.25) is 5.02 Å². The number of hydrogen-bond acceptors (Lipinski definition) is 3. The van der Waals surface area contributed by atoms with Gasteiger partial charge in [0.15, 0.2) is 0 Å². The summed E-state index contributed by atoms with van der Waals surface area (Å²) in [4.78, 5) is 12.2. The molecule has 6 heteroatoms. The Morgan fingerprint density at radius 2 is 2.00 bits per heavy atom. The van der Waals surface area contributed by atoms with E-state index in [4.69, 9.17) is 17.3 Å². The summed E-state index contributed by atoms with van der Waals surface area (Å²) in [5.41, 5.74) is 10.3. The summed E-state index contributed by atoms with van der Waals surface area (Å²) in [5, 5.41) is 9.43. The van der Waals surface area contributed by atoms with Crippen molar-refractivity contribution in [3.63, 3.8) is 0 Å². The number of fused-ring (bicyclic) bond motifs is 1. The van der Waals surface area contributed by atoms with Gasteiger partial charge in [0, 0.05) is 28.9 Å². The lowest BCUT2D eigenvalue weighted by Crippen LogP contribution is -2.41. The Labute approximate surface area is 146 Å². The summed E-state index contributed by atoms with van der Waals surface area (Å²) >= 11 is 6.00. The molecule has 124 valence electrons. The van der Waals surface area contributed by atoms with Crippen molar-refractivity contribution in [2.45, 2.75) is 19.4 Å². The number of carbonyl (C=O) groups is 1. The monoisotopic (exact) mass is 342 g/mol. The van der Waals surface area contributed by atoms with Gasteiger partial charge in [-0.25, -0.2) is 9.80 Å². The van der Waals surface area contributed by atoms with Gasteiger partial charge in [0.25, 0.3) is 0 Å². The van der Waals surface area contributed by atoms with Crippen LogP contribution in [-0.4, -0.2) is 29.8 Å². The Morgan fingerprint density at radius 1 is 1.29 bits per heavy atom. The van der Waals surface area contributed by atoms with Gasteiger partial charge in [-0.2, -0.15) is 5.10 Å². The van der Waals surface area contributed by atoms with E-state index in [2.05, 4.69) is 10.4 Å². The van der Waals surface area contributed by atoms with E-state index in [1.165, 1.54) is 5.01 Å². The fraction of sp³-hybridized carbons (Fsp3) is 0.222. The first-order valence-corrected chi connectivity index (χ1v) is 8.11. The fourth-order valence-electron chi connectivity index (χ4n) is 2.84. The van der Waals surface area contributed by atoms with Crippen LogP contribution in [0.15, 0.2) is 47.6 Å². The smallest absolute Gasteiger partial charge is 0.337 e. The summed E-state index contributed by atoms with van der Waals surface area (Å²) in [6, 6.07) is 12.9. The number of amides is 2. The van der Waals surface area contributed by atoms with Crippen molar-refractivity contribution in [1.29, 1.82) is 0 Å². The molecule has 0 aromatic heterocycles. The fourth-order valence-corrected chi connectivity index (χ4v) is 2.96. The molecule has 0 bridgehead atoms. The second-order valence-electron chi connectivity index (χ2n) is 5.82. The first-order valence-electron chi connectivity index (χ1n) is 7.74. The molecule has 2 aromatic rings. The standard InChI is InChI=1S/C18H19ClN4O/c1-11-9-13-5-8-15(20)10-16(13)17(22-23(11)18(24)21-2)12-3-6-14(19)7-4-12/h3-8,10-11H,9,20H2,1-2H3,(H,21,24). The molecule has 2 aromatic carbocycles. The van der Waals surface area contributed by atoms with Gasteiger partial charge in [-0.1, -0.05) is 29.8 Å². The lowest BCUT2D eigenvalue weighted by Gasteiger charge is -2.22. The number of benzene rings is 2. The van der Waals surface area contributed by atoms with Gasteiger partial charge in [0.2, 0.25) is 0 Å². The maximum Gasteiger partial charge on any atom is 0.337 e. The average molecular weight is 343 g/mol. The van der Waals surface area contributed by atoms with Gasteiger partial charge in [-0.3, -0.25) is 0 Å². The third-order valence-corrected chi connectivity index (χ3v) is 4.32. The summed E-state index contributed by atoms with van der Waals surface area (Å²) in [6.45, 7) is 1.98. The van der Waals surface area contributed by atoms with Crippen molar-refractivity contribution in [1.82, 2.24) is 10.3 Å². The minimum atomic E-state index is -0.241. The van der Waals surface area contributed by atoms with Crippen LogP contribution in [0.3, 0.4) is 0 Å². The van der Waals surface area contributed by atoms with Crippen LogP contribution in [0, 0.1) is 0 Å². The van der Waals surface area contributed by atoms with Crippen LogP contribution in [0.4, 0.5) is 10.5 Å². The number of hydrazone groups is 1. The Kier molecular flexibility index (Phi) is 4.44. The molecule has 1 aliphatic heterocycles. The summed E-state index contributed by atoms with van der Waals surface area (Å²) in [6.07, 6.45) is 0.698. The Balaban J connectivity index is 2.20. The lowest BCUT2D eigenvalue weighted by atomic mass is 9.94. The molecule has 1 unspecified atom stereocenters. The van der Waals surface area contributed by atoms with Gasteiger partial charge in [-0.05, 0) is 43.2 Å². The van der Waals surface area contributed by atoms with E-state index in [1.54, 1.807) is 7.05 Å². The molecule has 0 saturated carbocycles. The van der Waals surface area contributed by atoms with Gasteiger partial charge < -0.3 is 11.1 Å². The number of nitrogens with one attached hydrogen (secondary N) is 1. The van der Waals surface area contributed by atoms with Crippen molar-refractivity contribution in [2.75, 3.05) is 12.8 Å². The number of hydrogen-bond donors (Lipinski definition) is 2. The number of nitrogen functional groups attached to an aromatic ring is 1. The topological polar surface area (TPSA) is 70.7 Å². The zero-order chi connectivity index (χ0) is 17.3. The quantitative estimate of drug-likeness (QED) is 0.781. The van der Waals surface area contributed by atoms with E-state index < -0.39 is 0 Å². The van der Waals surface area contributed by atoms with Crippen molar-refractivity contribution >= 4 is 29.0 Å². The average Bonchev–Trinajstić information content (AvgIpc) is 2.71. The van der Waals surface area contributed by atoms with Gasteiger partial charge in [0.05, 0.1) is 11.8 Å². The van der Waals surface area contributed by atoms with Gasteiger partial charge in [0.1, 0.15) is 0 Å². The third-order valence-electron chi connectivity index (χ3n) is 4.07. The second kappa shape index (κ2) is 6.53. The molecule has 0 radical (unpaired) electrons.